The standard InChI is InChI=1S/C24H22N4OS/c1-19-7-9-21(10-8-19)16-29-23-13-11-20(12-14-23)15-26-28-18-25-27-24(28)30-17-22-5-3-2-4-6-22/h2-15,18H,16-17H2,1H3/b26-15+. The van der Waals surface area contributed by atoms with Gasteiger partial charge >= 0.3 is 0 Å². The maximum absolute atomic E-state index is 5.86. The lowest BCUT2D eigenvalue weighted by molar-refractivity contribution is 0.306. The van der Waals surface area contributed by atoms with Gasteiger partial charge in [0.15, 0.2) is 0 Å². The summed E-state index contributed by atoms with van der Waals surface area (Å²) in [6.07, 6.45) is 3.41. The van der Waals surface area contributed by atoms with E-state index >= 15 is 0 Å². The molecule has 0 saturated heterocycles. The Morgan fingerprint density at radius 3 is 2.47 bits per heavy atom. The Morgan fingerprint density at radius 2 is 1.70 bits per heavy atom. The molecule has 1 heterocycles. The third-order valence-corrected chi connectivity index (χ3v) is 5.45. The molecule has 0 aliphatic heterocycles. The maximum atomic E-state index is 5.86. The number of hydrogen-bond acceptors (Lipinski definition) is 5. The van der Waals surface area contributed by atoms with Gasteiger partial charge in [-0.1, -0.05) is 71.9 Å². The first-order valence-electron chi connectivity index (χ1n) is 9.66. The lowest BCUT2D eigenvalue weighted by Gasteiger charge is -2.07. The van der Waals surface area contributed by atoms with Crippen LogP contribution in [0.3, 0.4) is 0 Å². The normalized spacial score (nSPS) is 11.1. The van der Waals surface area contributed by atoms with Crippen LogP contribution in [0.1, 0.15) is 22.3 Å². The van der Waals surface area contributed by atoms with Gasteiger partial charge in [-0.15, -0.1) is 10.2 Å². The van der Waals surface area contributed by atoms with Crippen LogP contribution in [0.4, 0.5) is 0 Å². The van der Waals surface area contributed by atoms with Gasteiger partial charge in [0.2, 0.25) is 5.16 Å². The largest absolute Gasteiger partial charge is 0.489 e. The van der Waals surface area contributed by atoms with E-state index in [4.69, 9.17) is 4.74 Å². The number of aromatic nitrogens is 3. The van der Waals surface area contributed by atoms with Crippen LogP contribution in [-0.4, -0.2) is 21.1 Å². The fraction of sp³-hybridized carbons (Fsp3) is 0.125. The molecule has 150 valence electrons. The van der Waals surface area contributed by atoms with Gasteiger partial charge in [0.1, 0.15) is 18.7 Å². The average molecular weight is 415 g/mol. The smallest absolute Gasteiger partial charge is 0.212 e. The van der Waals surface area contributed by atoms with E-state index in [0.29, 0.717) is 6.61 Å². The summed E-state index contributed by atoms with van der Waals surface area (Å²) in [7, 11) is 0. The molecule has 0 spiro atoms. The Balaban J connectivity index is 1.33. The zero-order valence-electron chi connectivity index (χ0n) is 16.7. The molecular weight excluding hydrogens is 392 g/mol. The molecule has 30 heavy (non-hydrogen) atoms. The van der Waals surface area contributed by atoms with Crippen molar-refractivity contribution in [1.82, 2.24) is 14.9 Å². The van der Waals surface area contributed by atoms with Gasteiger partial charge in [-0.25, -0.2) is 0 Å². The van der Waals surface area contributed by atoms with Gasteiger partial charge < -0.3 is 4.74 Å². The van der Waals surface area contributed by atoms with E-state index in [-0.39, 0.29) is 0 Å². The van der Waals surface area contributed by atoms with Gasteiger partial charge in [-0.05, 0) is 47.9 Å². The number of benzene rings is 3. The van der Waals surface area contributed by atoms with Crippen molar-refractivity contribution in [2.75, 3.05) is 0 Å². The molecule has 0 saturated carbocycles. The summed E-state index contributed by atoms with van der Waals surface area (Å²) < 4.78 is 7.55. The number of rotatable bonds is 8. The Morgan fingerprint density at radius 1 is 0.933 bits per heavy atom. The SMILES string of the molecule is Cc1ccc(COc2ccc(/C=N/n3cnnc3SCc3ccccc3)cc2)cc1. The summed E-state index contributed by atoms with van der Waals surface area (Å²) in [5, 5.41) is 13.4. The van der Waals surface area contributed by atoms with Crippen LogP contribution >= 0.6 is 11.8 Å². The van der Waals surface area contributed by atoms with E-state index in [0.717, 1.165) is 27.8 Å². The molecule has 0 N–H and O–H groups in total. The van der Waals surface area contributed by atoms with E-state index in [1.807, 2.05) is 42.5 Å². The minimum Gasteiger partial charge on any atom is -0.489 e. The van der Waals surface area contributed by atoms with Crippen molar-refractivity contribution in [3.63, 3.8) is 0 Å². The highest BCUT2D eigenvalue weighted by atomic mass is 32.2. The van der Waals surface area contributed by atoms with Crippen molar-refractivity contribution < 1.29 is 4.74 Å². The first-order valence-corrected chi connectivity index (χ1v) is 10.6. The van der Waals surface area contributed by atoms with E-state index < -0.39 is 0 Å². The topological polar surface area (TPSA) is 52.3 Å². The van der Waals surface area contributed by atoms with Crippen molar-refractivity contribution in [1.29, 1.82) is 0 Å². The molecule has 0 radical (unpaired) electrons. The number of thioether (sulfide) groups is 1. The minimum absolute atomic E-state index is 0.552. The van der Waals surface area contributed by atoms with Crippen LogP contribution in [0.5, 0.6) is 5.75 Å². The molecule has 0 unspecified atom stereocenters. The fourth-order valence-corrected chi connectivity index (χ4v) is 3.57. The van der Waals surface area contributed by atoms with E-state index in [2.05, 4.69) is 58.6 Å². The fourth-order valence-electron chi connectivity index (χ4n) is 2.75. The molecule has 4 aromatic rings. The summed E-state index contributed by atoms with van der Waals surface area (Å²) in [5.41, 5.74) is 4.61. The summed E-state index contributed by atoms with van der Waals surface area (Å²) in [6, 6.07) is 26.5. The first-order chi connectivity index (χ1) is 14.8. The summed E-state index contributed by atoms with van der Waals surface area (Å²) in [6.45, 7) is 2.63. The molecular formula is C24H22N4OS. The molecule has 5 nitrogen and oxygen atoms in total. The number of aryl methyl sites for hydroxylation is 1. The zero-order chi connectivity index (χ0) is 20.6. The monoisotopic (exact) mass is 414 g/mol. The van der Waals surface area contributed by atoms with Gasteiger partial charge in [-0.3, -0.25) is 0 Å². The molecule has 0 atom stereocenters. The van der Waals surface area contributed by atoms with Crippen molar-refractivity contribution >= 4 is 18.0 Å². The third-order valence-electron chi connectivity index (χ3n) is 4.45. The van der Waals surface area contributed by atoms with E-state index in [1.54, 1.807) is 29.0 Å². The summed E-state index contributed by atoms with van der Waals surface area (Å²) in [5.74, 6) is 1.65. The van der Waals surface area contributed by atoms with Crippen LogP contribution in [0, 0.1) is 6.92 Å². The van der Waals surface area contributed by atoms with Gasteiger partial charge in [-0.2, -0.15) is 9.78 Å². The zero-order valence-corrected chi connectivity index (χ0v) is 17.5. The van der Waals surface area contributed by atoms with Crippen LogP contribution in [0.25, 0.3) is 0 Å². The van der Waals surface area contributed by atoms with Crippen molar-refractivity contribution in [3.05, 3.63) is 107 Å². The third kappa shape index (κ3) is 5.58. The molecule has 0 bridgehead atoms. The molecule has 4 rings (SSSR count). The Hall–Kier alpha value is -3.38. The van der Waals surface area contributed by atoms with Crippen molar-refractivity contribution in [2.24, 2.45) is 5.10 Å². The molecule has 1 aromatic heterocycles. The molecule has 3 aromatic carbocycles. The number of nitrogens with zero attached hydrogens (tertiary/aromatic N) is 4. The van der Waals surface area contributed by atoms with Crippen LogP contribution < -0.4 is 4.74 Å². The van der Waals surface area contributed by atoms with Gasteiger partial charge in [0, 0.05) is 5.75 Å². The van der Waals surface area contributed by atoms with Crippen LogP contribution in [0.15, 0.2) is 95.4 Å². The number of ether oxygens (including phenoxy) is 1. The predicted molar refractivity (Wildman–Crippen MR) is 121 cm³/mol. The lowest BCUT2D eigenvalue weighted by Crippen LogP contribution is -1.96. The maximum Gasteiger partial charge on any atom is 0.212 e. The second-order valence-electron chi connectivity index (χ2n) is 6.82. The highest BCUT2D eigenvalue weighted by Crippen LogP contribution is 2.20. The second-order valence-corrected chi connectivity index (χ2v) is 7.76. The van der Waals surface area contributed by atoms with E-state index in [1.165, 1.54) is 11.1 Å². The molecule has 6 heteroatoms. The second kappa shape index (κ2) is 9.89. The molecule has 0 amide bonds. The highest BCUT2D eigenvalue weighted by molar-refractivity contribution is 7.98. The Bertz CT molecular complexity index is 1090. The van der Waals surface area contributed by atoms with Crippen LogP contribution in [0.2, 0.25) is 0 Å². The lowest BCUT2D eigenvalue weighted by atomic mass is 10.2. The van der Waals surface area contributed by atoms with Gasteiger partial charge in [0.25, 0.3) is 0 Å². The highest BCUT2D eigenvalue weighted by Gasteiger charge is 2.04. The van der Waals surface area contributed by atoms with Crippen molar-refractivity contribution in [2.45, 2.75) is 24.4 Å². The van der Waals surface area contributed by atoms with Crippen molar-refractivity contribution in [3.8, 4) is 5.75 Å². The Labute approximate surface area is 180 Å². The quantitative estimate of drug-likeness (QED) is 0.288. The van der Waals surface area contributed by atoms with E-state index in [9.17, 15) is 0 Å². The van der Waals surface area contributed by atoms with Gasteiger partial charge in [0.05, 0.1) is 6.21 Å². The minimum atomic E-state index is 0.552. The predicted octanol–water partition coefficient (Wildman–Crippen LogP) is 5.34. The number of hydrogen-bond donors (Lipinski definition) is 0. The molecule has 0 aliphatic rings. The average Bonchev–Trinajstić information content (AvgIpc) is 3.25. The summed E-state index contributed by atoms with van der Waals surface area (Å²) >= 11 is 1.61. The first kappa shape index (κ1) is 19.9. The molecule has 0 aliphatic carbocycles. The van der Waals surface area contributed by atoms with Crippen LogP contribution in [-0.2, 0) is 12.4 Å². The Kier molecular flexibility index (Phi) is 6.57. The summed E-state index contributed by atoms with van der Waals surface area (Å²) in [4.78, 5) is 0. The molecule has 0 fully saturated rings.